The summed E-state index contributed by atoms with van der Waals surface area (Å²) in [6, 6.07) is 4.91. The molecule has 7 nitrogen and oxygen atoms in total. The molecule has 2 aromatic rings. The molecule has 1 aromatic carbocycles. The van der Waals surface area contributed by atoms with Gasteiger partial charge in [0.25, 0.3) is 0 Å². The van der Waals surface area contributed by atoms with Crippen LogP contribution in [0.3, 0.4) is 0 Å². The summed E-state index contributed by atoms with van der Waals surface area (Å²) in [6.07, 6.45) is 3.88. The van der Waals surface area contributed by atoms with Crippen LogP contribution in [-0.4, -0.2) is 46.2 Å². The van der Waals surface area contributed by atoms with Gasteiger partial charge in [0.15, 0.2) is 0 Å². The number of methoxy groups -OCH3 is 1. The second-order valence-electron chi connectivity index (χ2n) is 7.57. The lowest BCUT2D eigenvalue weighted by Crippen LogP contribution is -2.38. The fraction of sp³-hybridized carbons (Fsp3) is 0.500. The molecule has 1 fully saturated rings. The lowest BCUT2D eigenvalue weighted by molar-refractivity contribution is -0.120. The van der Waals surface area contributed by atoms with Gasteiger partial charge in [-0.15, -0.1) is 11.3 Å². The molecule has 2 unspecified atom stereocenters. The van der Waals surface area contributed by atoms with Gasteiger partial charge in [-0.1, -0.05) is 0 Å². The van der Waals surface area contributed by atoms with Crippen LogP contribution < -0.4 is 4.90 Å². The molecular formula is C20H24N2O5S2. The number of nitrogens with zero attached hydrogens (tertiary/aromatic N) is 2. The van der Waals surface area contributed by atoms with Gasteiger partial charge in [-0.25, -0.2) is 13.4 Å². The Bertz CT molecular complexity index is 1050. The van der Waals surface area contributed by atoms with Crippen LogP contribution in [0, 0.1) is 0 Å². The number of hydrogen-bond acceptors (Lipinski definition) is 7. The molecule has 0 spiro atoms. The van der Waals surface area contributed by atoms with E-state index in [1.807, 2.05) is 6.92 Å². The highest BCUT2D eigenvalue weighted by Crippen LogP contribution is 2.42. The first-order valence-corrected chi connectivity index (χ1v) is 11.8. The van der Waals surface area contributed by atoms with Gasteiger partial charge < -0.3 is 14.4 Å². The van der Waals surface area contributed by atoms with Gasteiger partial charge in [0, 0.05) is 45.3 Å². The fourth-order valence-electron chi connectivity index (χ4n) is 4.05. The van der Waals surface area contributed by atoms with Crippen LogP contribution in [0.15, 0.2) is 33.6 Å². The standard InChI is InChI=1S/C20H24N2O5S2/c1-13-11-20(26-3,8-9-27-13)17-12-21-19(28-17)29(24,25)15-5-6-16-14(10-15)4-7-18(23)22(16)2/h5-6,10,12-13H,4,7-9,11H2,1-3H3. The average molecular weight is 437 g/mol. The van der Waals surface area contributed by atoms with Gasteiger partial charge in [-0.05, 0) is 37.1 Å². The minimum Gasteiger partial charge on any atom is -0.378 e. The van der Waals surface area contributed by atoms with Crippen molar-refractivity contribution in [1.82, 2.24) is 4.98 Å². The third-order valence-corrected chi connectivity index (χ3v) is 9.11. The Morgan fingerprint density at radius 1 is 1.34 bits per heavy atom. The van der Waals surface area contributed by atoms with Crippen molar-refractivity contribution in [1.29, 1.82) is 0 Å². The Labute approximate surface area is 174 Å². The van der Waals surface area contributed by atoms with Crippen LogP contribution in [0.4, 0.5) is 5.69 Å². The number of aromatic nitrogens is 1. The monoisotopic (exact) mass is 436 g/mol. The number of carbonyl (C=O) groups excluding carboxylic acids is 1. The first-order chi connectivity index (χ1) is 13.8. The summed E-state index contributed by atoms with van der Waals surface area (Å²) in [5, 5.41) is 0. The molecule has 1 saturated heterocycles. The number of hydrogen-bond donors (Lipinski definition) is 0. The predicted octanol–water partition coefficient (Wildman–Crippen LogP) is 2.93. The Balaban J connectivity index is 1.68. The first kappa shape index (κ1) is 20.5. The maximum absolute atomic E-state index is 13.2. The summed E-state index contributed by atoms with van der Waals surface area (Å²) in [4.78, 5) is 18.7. The quantitative estimate of drug-likeness (QED) is 0.733. The lowest BCUT2D eigenvalue weighted by Gasteiger charge is -2.37. The Hall–Kier alpha value is -1.81. The van der Waals surface area contributed by atoms with Crippen molar-refractivity contribution in [2.45, 2.75) is 53.5 Å². The van der Waals surface area contributed by atoms with Crippen LogP contribution in [0.25, 0.3) is 0 Å². The van der Waals surface area contributed by atoms with E-state index >= 15 is 0 Å². The number of rotatable bonds is 4. The van der Waals surface area contributed by atoms with Gasteiger partial charge in [0.05, 0.1) is 22.5 Å². The molecule has 2 atom stereocenters. The largest absolute Gasteiger partial charge is 0.378 e. The summed E-state index contributed by atoms with van der Waals surface area (Å²) in [5.74, 6) is 0.0354. The molecule has 0 saturated carbocycles. The van der Waals surface area contributed by atoms with Crippen LogP contribution in [0.5, 0.6) is 0 Å². The number of thiazole rings is 1. The predicted molar refractivity (Wildman–Crippen MR) is 109 cm³/mol. The van der Waals surface area contributed by atoms with Crippen molar-refractivity contribution in [2.24, 2.45) is 0 Å². The number of ether oxygens (including phenoxy) is 2. The third-order valence-electron chi connectivity index (χ3n) is 5.78. The van der Waals surface area contributed by atoms with Crippen molar-refractivity contribution in [3.05, 3.63) is 34.8 Å². The molecule has 2 aliphatic heterocycles. The Kier molecular flexibility index (Phi) is 5.27. The van der Waals surface area contributed by atoms with Gasteiger partial charge in [0.1, 0.15) is 5.60 Å². The Morgan fingerprint density at radius 2 is 2.14 bits per heavy atom. The zero-order valence-corrected chi connectivity index (χ0v) is 18.3. The number of benzene rings is 1. The van der Waals surface area contributed by atoms with E-state index in [-0.39, 0.29) is 21.2 Å². The minimum atomic E-state index is -3.75. The van der Waals surface area contributed by atoms with Crippen LogP contribution in [0.1, 0.15) is 36.6 Å². The van der Waals surface area contributed by atoms with E-state index in [0.29, 0.717) is 32.3 Å². The molecule has 1 amide bonds. The first-order valence-electron chi connectivity index (χ1n) is 9.54. The number of carbonyl (C=O) groups is 1. The molecule has 2 aliphatic rings. The maximum Gasteiger partial charge on any atom is 0.233 e. The smallest absolute Gasteiger partial charge is 0.233 e. The molecule has 9 heteroatoms. The molecule has 4 rings (SSSR count). The molecule has 156 valence electrons. The molecule has 0 bridgehead atoms. The van der Waals surface area contributed by atoms with E-state index < -0.39 is 15.4 Å². The van der Waals surface area contributed by atoms with Crippen molar-refractivity contribution in [3.8, 4) is 0 Å². The number of anilines is 1. The zero-order chi connectivity index (χ0) is 20.8. The minimum absolute atomic E-state index is 0.0335. The lowest BCUT2D eigenvalue weighted by atomic mass is 9.89. The third kappa shape index (κ3) is 3.50. The van der Waals surface area contributed by atoms with Crippen molar-refractivity contribution in [3.63, 3.8) is 0 Å². The number of amides is 1. The summed E-state index contributed by atoms with van der Waals surface area (Å²) < 4.78 is 37.9. The van der Waals surface area contributed by atoms with Gasteiger partial charge in [0.2, 0.25) is 20.1 Å². The highest BCUT2D eigenvalue weighted by atomic mass is 32.2. The number of aryl methyl sites for hydroxylation is 1. The van der Waals surface area contributed by atoms with E-state index in [0.717, 1.165) is 27.5 Å². The molecule has 0 radical (unpaired) electrons. The van der Waals surface area contributed by atoms with Crippen LogP contribution in [-0.2, 0) is 36.1 Å². The maximum atomic E-state index is 13.2. The molecule has 1 aromatic heterocycles. The van der Waals surface area contributed by atoms with E-state index in [4.69, 9.17) is 9.47 Å². The van der Waals surface area contributed by atoms with E-state index in [1.54, 1.807) is 43.5 Å². The van der Waals surface area contributed by atoms with Gasteiger partial charge >= 0.3 is 0 Å². The van der Waals surface area contributed by atoms with Crippen molar-refractivity contribution in [2.75, 3.05) is 25.7 Å². The van der Waals surface area contributed by atoms with Crippen molar-refractivity contribution < 1.29 is 22.7 Å². The van der Waals surface area contributed by atoms with E-state index in [2.05, 4.69) is 4.98 Å². The second kappa shape index (κ2) is 7.46. The average Bonchev–Trinajstić information content (AvgIpc) is 3.22. The normalized spacial score (nSPS) is 25.1. The van der Waals surface area contributed by atoms with Crippen molar-refractivity contribution >= 4 is 32.8 Å². The van der Waals surface area contributed by atoms with E-state index in [1.165, 1.54) is 0 Å². The Morgan fingerprint density at radius 3 is 2.86 bits per heavy atom. The summed E-state index contributed by atoms with van der Waals surface area (Å²) in [5.41, 5.74) is 1.05. The fourth-order valence-corrected chi connectivity index (χ4v) is 6.84. The second-order valence-corrected chi connectivity index (χ2v) is 10.7. The molecule has 0 N–H and O–H groups in total. The molecule has 29 heavy (non-hydrogen) atoms. The molecule has 0 aliphatic carbocycles. The molecule has 3 heterocycles. The van der Waals surface area contributed by atoms with Gasteiger partial charge in [-0.2, -0.15) is 0 Å². The zero-order valence-electron chi connectivity index (χ0n) is 16.7. The SMILES string of the molecule is COC1(c2cnc(S(=O)(=O)c3ccc4c(c3)CCC(=O)N4C)s2)CCOC(C)C1. The summed E-state index contributed by atoms with van der Waals surface area (Å²) in [6.45, 7) is 2.55. The van der Waals surface area contributed by atoms with Crippen LogP contribution in [0.2, 0.25) is 0 Å². The summed E-state index contributed by atoms with van der Waals surface area (Å²) in [7, 11) is -0.398. The van der Waals surface area contributed by atoms with E-state index in [9.17, 15) is 13.2 Å². The number of sulfone groups is 1. The number of fused-ring (bicyclic) bond motifs is 1. The highest BCUT2D eigenvalue weighted by molar-refractivity contribution is 7.93. The molecular weight excluding hydrogens is 412 g/mol. The highest BCUT2D eigenvalue weighted by Gasteiger charge is 2.40. The topological polar surface area (TPSA) is 85.8 Å². The summed E-state index contributed by atoms with van der Waals surface area (Å²) >= 11 is 1.16. The van der Waals surface area contributed by atoms with Crippen LogP contribution >= 0.6 is 11.3 Å². The van der Waals surface area contributed by atoms with Gasteiger partial charge in [-0.3, -0.25) is 4.79 Å².